The fourth-order valence-corrected chi connectivity index (χ4v) is 2.82. The molecular formula is C16H18ClN3O3. The molecule has 2 aromatic rings. The Bertz CT molecular complexity index is 703. The van der Waals surface area contributed by atoms with E-state index < -0.39 is 5.97 Å². The molecule has 122 valence electrons. The number of aromatic hydroxyl groups is 1. The van der Waals surface area contributed by atoms with Gasteiger partial charge in [-0.15, -0.1) is 12.4 Å². The predicted molar refractivity (Wildman–Crippen MR) is 88.2 cm³/mol. The average molecular weight is 336 g/mol. The Balaban J connectivity index is 0.00000192. The molecule has 0 saturated carbocycles. The Labute approximate surface area is 140 Å². The molecule has 0 radical (unpaired) electrons. The molecule has 1 aliphatic heterocycles. The number of rotatable bonds is 3. The van der Waals surface area contributed by atoms with Gasteiger partial charge in [-0.1, -0.05) is 0 Å². The van der Waals surface area contributed by atoms with Crippen LogP contribution < -0.4 is 5.32 Å². The van der Waals surface area contributed by atoms with Gasteiger partial charge in [0.1, 0.15) is 11.3 Å². The molecule has 1 fully saturated rings. The summed E-state index contributed by atoms with van der Waals surface area (Å²) in [6.45, 7) is 1.88. The van der Waals surface area contributed by atoms with Crippen LogP contribution in [0.3, 0.4) is 0 Å². The highest BCUT2D eigenvalue weighted by Crippen LogP contribution is 2.32. The van der Waals surface area contributed by atoms with Gasteiger partial charge in [-0.2, -0.15) is 0 Å². The Morgan fingerprint density at radius 1 is 1.17 bits per heavy atom. The first kappa shape index (κ1) is 17.2. The van der Waals surface area contributed by atoms with Gasteiger partial charge in [0, 0.05) is 23.9 Å². The van der Waals surface area contributed by atoms with E-state index in [0.717, 1.165) is 31.6 Å². The minimum Gasteiger partial charge on any atom is -0.507 e. The van der Waals surface area contributed by atoms with Crippen LogP contribution >= 0.6 is 12.4 Å². The summed E-state index contributed by atoms with van der Waals surface area (Å²) in [7, 11) is 0. The maximum atomic E-state index is 11.2. The number of carbonyl (C=O) groups is 1. The van der Waals surface area contributed by atoms with E-state index in [1.165, 1.54) is 12.1 Å². The standard InChI is InChI=1S/C16H17N3O3.ClH/c20-13-2-1-11(9-12(13)16(21)22)15-14(18-7-8-19-15)10-3-5-17-6-4-10;/h1-2,7-10,17,20H,3-6H2,(H,21,22);1H. The molecule has 6 nitrogen and oxygen atoms in total. The van der Waals surface area contributed by atoms with E-state index in [9.17, 15) is 9.90 Å². The minimum absolute atomic E-state index is 0. The summed E-state index contributed by atoms with van der Waals surface area (Å²) >= 11 is 0. The fourth-order valence-electron chi connectivity index (χ4n) is 2.82. The summed E-state index contributed by atoms with van der Waals surface area (Å²) in [4.78, 5) is 20.1. The third-order valence-electron chi connectivity index (χ3n) is 3.95. The zero-order valence-corrected chi connectivity index (χ0v) is 13.2. The highest BCUT2D eigenvalue weighted by molar-refractivity contribution is 5.92. The van der Waals surface area contributed by atoms with Crippen molar-refractivity contribution in [1.29, 1.82) is 0 Å². The summed E-state index contributed by atoms with van der Waals surface area (Å²) in [5.74, 6) is -1.10. The summed E-state index contributed by atoms with van der Waals surface area (Å²) < 4.78 is 0. The van der Waals surface area contributed by atoms with Crippen molar-refractivity contribution in [3.63, 3.8) is 0 Å². The van der Waals surface area contributed by atoms with E-state index >= 15 is 0 Å². The largest absolute Gasteiger partial charge is 0.507 e. The number of phenols is 1. The summed E-state index contributed by atoms with van der Waals surface area (Å²) in [6, 6.07) is 4.52. The third kappa shape index (κ3) is 3.60. The van der Waals surface area contributed by atoms with Gasteiger partial charge in [0.25, 0.3) is 0 Å². The van der Waals surface area contributed by atoms with Gasteiger partial charge in [-0.05, 0) is 44.1 Å². The molecule has 23 heavy (non-hydrogen) atoms. The second kappa shape index (κ2) is 7.39. The van der Waals surface area contributed by atoms with Crippen molar-refractivity contribution >= 4 is 18.4 Å². The third-order valence-corrected chi connectivity index (χ3v) is 3.95. The molecule has 1 saturated heterocycles. The minimum atomic E-state index is -1.16. The van der Waals surface area contributed by atoms with Crippen LogP contribution in [0.25, 0.3) is 11.3 Å². The summed E-state index contributed by atoms with van der Waals surface area (Å²) in [5.41, 5.74) is 2.12. The van der Waals surface area contributed by atoms with Crippen molar-refractivity contribution in [1.82, 2.24) is 15.3 Å². The first-order chi connectivity index (χ1) is 10.7. The van der Waals surface area contributed by atoms with Crippen molar-refractivity contribution < 1.29 is 15.0 Å². The number of halogens is 1. The Morgan fingerprint density at radius 3 is 2.57 bits per heavy atom. The second-order valence-corrected chi connectivity index (χ2v) is 5.35. The molecule has 3 rings (SSSR count). The lowest BCUT2D eigenvalue weighted by molar-refractivity contribution is 0.0694. The van der Waals surface area contributed by atoms with Crippen LogP contribution in [0.1, 0.15) is 34.8 Å². The lowest BCUT2D eigenvalue weighted by Gasteiger charge is -2.23. The Hall–Kier alpha value is -2.18. The van der Waals surface area contributed by atoms with Gasteiger partial charge in [-0.3, -0.25) is 9.97 Å². The van der Waals surface area contributed by atoms with E-state index in [-0.39, 0.29) is 23.7 Å². The number of hydrogen-bond donors (Lipinski definition) is 3. The molecule has 0 aliphatic carbocycles. The van der Waals surface area contributed by atoms with Crippen molar-refractivity contribution in [2.24, 2.45) is 0 Å². The van der Waals surface area contributed by atoms with E-state index in [0.29, 0.717) is 17.2 Å². The zero-order chi connectivity index (χ0) is 15.5. The summed E-state index contributed by atoms with van der Waals surface area (Å²) in [6.07, 6.45) is 5.23. The van der Waals surface area contributed by atoms with Crippen molar-refractivity contribution in [2.45, 2.75) is 18.8 Å². The Kier molecular flexibility index (Phi) is 5.52. The van der Waals surface area contributed by atoms with Gasteiger partial charge < -0.3 is 15.5 Å². The van der Waals surface area contributed by atoms with Crippen molar-refractivity contribution in [3.05, 3.63) is 41.9 Å². The van der Waals surface area contributed by atoms with Crippen LogP contribution in [0.2, 0.25) is 0 Å². The molecule has 0 bridgehead atoms. The molecule has 7 heteroatoms. The number of nitrogens with one attached hydrogen (secondary N) is 1. The molecule has 0 atom stereocenters. The molecule has 2 heterocycles. The number of benzene rings is 1. The molecule has 3 N–H and O–H groups in total. The Morgan fingerprint density at radius 2 is 1.87 bits per heavy atom. The van der Waals surface area contributed by atoms with E-state index in [4.69, 9.17) is 5.11 Å². The first-order valence-electron chi connectivity index (χ1n) is 7.25. The molecule has 0 amide bonds. The smallest absolute Gasteiger partial charge is 0.339 e. The fraction of sp³-hybridized carbons (Fsp3) is 0.312. The number of piperidine rings is 1. The van der Waals surface area contributed by atoms with Crippen LogP contribution in [0.5, 0.6) is 5.75 Å². The molecule has 0 unspecified atom stereocenters. The van der Waals surface area contributed by atoms with Crippen LogP contribution in [-0.2, 0) is 0 Å². The number of aromatic carboxylic acids is 1. The normalized spacial score (nSPS) is 15.0. The van der Waals surface area contributed by atoms with Crippen LogP contribution in [-0.4, -0.2) is 39.2 Å². The maximum Gasteiger partial charge on any atom is 0.339 e. The van der Waals surface area contributed by atoms with E-state index in [1.54, 1.807) is 18.5 Å². The van der Waals surface area contributed by atoms with Gasteiger partial charge in [0.2, 0.25) is 0 Å². The van der Waals surface area contributed by atoms with Crippen LogP contribution in [0, 0.1) is 0 Å². The number of nitrogens with zero attached hydrogens (tertiary/aromatic N) is 2. The quantitative estimate of drug-likeness (QED) is 0.797. The van der Waals surface area contributed by atoms with Crippen LogP contribution in [0.4, 0.5) is 0 Å². The monoisotopic (exact) mass is 335 g/mol. The van der Waals surface area contributed by atoms with Gasteiger partial charge in [0.05, 0.1) is 11.4 Å². The molecule has 1 aromatic heterocycles. The second-order valence-electron chi connectivity index (χ2n) is 5.35. The van der Waals surface area contributed by atoms with E-state index in [1.807, 2.05) is 0 Å². The molecule has 0 spiro atoms. The van der Waals surface area contributed by atoms with Crippen molar-refractivity contribution in [2.75, 3.05) is 13.1 Å². The van der Waals surface area contributed by atoms with Gasteiger partial charge >= 0.3 is 5.97 Å². The predicted octanol–water partition coefficient (Wildman–Crippen LogP) is 2.44. The number of aromatic nitrogens is 2. The van der Waals surface area contributed by atoms with Gasteiger partial charge in [0.15, 0.2) is 0 Å². The zero-order valence-electron chi connectivity index (χ0n) is 12.4. The topological polar surface area (TPSA) is 95.3 Å². The highest BCUT2D eigenvalue weighted by Gasteiger charge is 2.22. The van der Waals surface area contributed by atoms with Gasteiger partial charge in [-0.25, -0.2) is 4.79 Å². The SMILES string of the molecule is Cl.O=C(O)c1cc(-c2nccnc2C2CCNCC2)ccc1O. The number of carboxylic acid groups (broad SMARTS) is 1. The molecular weight excluding hydrogens is 318 g/mol. The van der Waals surface area contributed by atoms with E-state index in [2.05, 4.69) is 15.3 Å². The lowest BCUT2D eigenvalue weighted by atomic mass is 9.91. The number of carboxylic acids is 1. The highest BCUT2D eigenvalue weighted by atomic mass is 35.5. The lowest BCUT2D eigenvalue weighted by Crippen LogP contribution is -2.27. The van der Waals surface area contributed by atoms with Crippen LogP contribution in [0.15, 0.2) is 30.6 Å². The summed E-state index contributed by atoms with van der Waals surface area (Å²) in [5, 5.41) is 22.1. The number of hydrogen-bond acceptors (Lipinski definition) is 5. The average Bonchev–Trinajstić information content (AvgIpc) is 2.56. The molecule has 1 aliphatic rings. The first-order valence-corrected chi connectivity index (χ1v) is 7.25. The molecule has 1 aromatic carbocycles. The maximum absolute atomic E-state index is 11.2. The van der Waals surface area contributed by atoms with Crippen molar-refractivity contribution in [3.8, 4) is 17.0 Å².